The number of likely N-dealkylation sites (N-methyl/N-ethyl adjacent to an activating group) is 1. The number of pyridine rings is 1. The second-order valence-corrected chi connectivity index (χ2v) is 10.2. The summed E-state index contributed by atoms with van der Waals surface area (Å²) >= 11 is 1.58. The topological polar surface area (TPSA) is 89.0 Å². The zero-order valence-corrected chi connectivity index (χ0v) is 21.1. The summed E-state index contributed by atoms with van der Waals surface area (Å²) in [6.45, 7) is 4.10. The fraction of sp³-hybridized carbons (Fsp3) is 0.370. The Morgan fingerprint density at radius 3 is 2.67 bits per heavy atom. The van der Waals surface area contributed by atoms with Gasteiger partial charge in [0.1, 0.15) is 28.5 Å². The molecule has 1 aliphatic carbocycles. The lowest BCUT2D eigenvalue weighted by Gasteiger charge is -2.16. The Bertz CT molecular complexity index is 1320. The fourth-order valence-corrected chi connectivity index (χ4v) is 4.91. The summed E-state index contributed by atoms with van der Waals surface area (Å²) in [7, 11) is 0. The van der Waals surface area contributed by atoms with Gasteiger partial charge in [-0.2, -0.15) is 0 Å². The van der Waals surface area contributed by atoms with Crippen molar-refractivity contribution in [3.05, 3.63) is 54.4 Å². The van der Waals surface area contributed by atoms with Crippen molar-refractivity contribution in [2.24, 2.45) is 4.99 Å². The maximum Gasteiger partial charge on any atom is 0.263 e. The van der Waals surface area contributed by atoms with E-state index in [9.17, 15) is 4.79 Å². The van der Waals surface area contributed by atoms with Gasteiger partial charge in [-0.25, -0.2) is 9.98 Å². The van der Waals surface area contributed by atoms with Crippen molar-refractivity contribution >= 4 is 23.6 Å². The molecule has 4 heterocycles. The highest BCUT2D eigenvalue weighted by atomic mass is 32.2. The number of rotatable bonds is 8. The van der Waals surface area contributed by atoms with E-state index in [1.54, 1.807) is 18.0 Å². The quantitative estimate of drug-likeness (QED) is 0.439. The predicted molar refractivity (Wildman–Crippen MR) is 138 cm³/mol. The average molecular weight is 505 g/mol. The lowest BCUT2D eigenvalue weighted by Crippen LogP contribution is -2.32. The molecule has 1 atom stereocenters. The number of hydrogen-bond donors (Lipinski definition) is 1. The van der Waals surface area contributed by atoms with Gasteiger partial charge in [0.05, 0.1) is 17.8 Å². The molecule has 1 N–H and O–H groups in total. The summed E-state index contributed by atoms with van der Waals surface area (Å²) in [6, 6.07) is 13.5. The summed E-state index contributed by atoms with van der Waals surface area (Å²) in [4.78, 5) is 26.9. The van der Waals surface area contributed by atoms with Crippen LogP contribution in [0.2, 0.25) is 0 Å². The molecule has 1 unspecified atom stereocenters. The van der Waals surface area contributed by atoms with Crippen LogP contribution in [0.15, 0.2) is 58.7 Å². The Balaban J connectivity index is 1.29. The molecule has 2 aliphatic heterocycles. The van der Waals surface area contributed by atoms with Crippen LogP contribution in [0.5, 0.6) is 17.2 Å². The number of carbonyl (C=O) groups excluding carboxylic acids is 1. The van der Waals surface area contributed by atoms with Gasteiger partial charge in [0.15, 0.2) is 6.10 Å². The molecule has 2 fully saturated rings. The third-order valence-electron chi connectivity index (χ3n) is 6.80. The molecule has 2 aromatic heterocycles. The maximum atomic E-state index is 12.7. The van der Waals surface area contributed by atoms with E-state index in [2.05, 4.69) is 15.0 Å². The molecule has 8 nitrogen and oxygen atoms in total. The number of thioether (sulfide) groups is 1. The Morgan fingerprint density at radius 2 is 1.97 bits per heavy atom. The zero-order valence-electron chi connectivity index (χ0n) is 20.3. The first-order valence-electron chi connectivity index (χ1n) is 12.3. The summed E-state index contributed by atoms with van der Waals surface area (Å²) in [5.74, 6) is 2.49. The molecular weight excluding hydrogens is 476 g/mol. The van der Waals surface area contributed by atoms with E-state index < -0.39 is 6.10 Å². The van der Waals surface area contributed by atoms with Crippen LogP contribution in [0.1, 0.15) is 31.9 Å². The number of ether oxygens (including phenoxy) is 3. The lowest BCUT2D eigenvalue weighted by atomic mass is 10.1. The molecule has 6 rings (SSSR count). The molecule has 1 saturated heterocycles. The molecule has 36 heavy (non-hydrogen) atoms. The fourth-order valence-electron chi connectivity index (χ4n) is 4.55. The number of likely N-dealkylation sites (tertiary alicyclic amines) is 1. The first-order chi connectivity index (χ1) is 17.5. The first-order valence-corrected chi connectivity index (χ1v) is 13.5. The van der Waals surface area contributed by atoms with Crippen LogP contribution in [-0.2, 0) is 9.53 Å². The maximum absolute atomic E-state index is 12.7. The summed E-state index contributed by atoms with van der Waals surface area (Å²) in [6.07, 6.45) is 5.99. The second kappa shape index (κ2) is 9.20. The van der Waals surface area contributed by atoms with Gasteiger partial charge in [0.25, 0.3) is 5.91 Å². The Labute approximate surface area is 214 Å². The molecule has 0 bridgehead atoms. The number of nitrogens with zero attached hydrogens (tertiary/aromatic N) is 3. The average Bonchev–Trinajstić information content (AvgIpc) is 3.20. The highest BCUT2D eigenvalue weighted by Crippen LogP contribution is 2.43. The third kappa shape index (κ3) is 4.55. The third-order valence-corrected chi connectivity index (χ3v) is 7.46. The van der Waals surface area contributed by atoms with Gasteiger partial charge >= 0.3 is 0 Å². The van der Waals surface area contributed by atoms with E-state index in [-0.39, 0.29) is 11.5 Å². The van der Waals surface area contributed by atoms with Gasteiger partial charge in [0, 0.05) is 36.8 Å². The van der Waals surface area contributed by atoms with Crippen molar-refractivity contribution in [1.82, 2.24) is 14.9 Å². The number of amides is 1. The van der Waals surface area contributed by atoms with E-state index >= 15 is 0 Å². The number of hydrogen-bond acceptors (Lipinski definition) is 7. The monoisotopic (exact) mass is 504 g/mol. The lowest BCUT2D eigenvalue weighted by molar-refractivity contribution is -0.133. The van der Waals surface area contributed by atoms with Crippen molar-refractivity contribution in [1.29, 1.82) is 0 Å². The molecule has 186 valence electrons. The number of benzene rings is 1. The van der Waals surface area contributed by atoms with Crippen LogP contribution >= 0.6 is 11.8 Å². The molecular formula is C27H28N4O4S. The number of H-pyrrole nitrogens is 1. The summed E-state index contributed by atoms with van der Waals surface area (Å²) in [5.41, 5.74) is 2.55. The van der Waals surface area contributed by atoms with Crippen LogP contribution in [-0.4, -0.2) is 64.3 Å². The van der Waals surface area contributed by atoms with Gasteiger partial charge in [-0.3, -0.25) is 4.79 Å². The van der Waals surface area contributed by atoms with Crippen molar-refractivity contribution in [3.63, 3.8) is 0 Å². The summed E-state index contributed by atoms with van der Waals surface area (Å²) in [5, 5.41) is 0.921. The number of nitrogens with one attached hydrogen (secondary N) is 1. The van der Waals surface area contributed by atoms with Crippen LogP contribution in [0.25, 0.3) is 11.3 Å². The van der Waals surface area contributed by atoms with Gasteiger partial charge in [0.2, 0.25) is 5.90 Å². The van der Waals surface area contributed by atoms with E-state index in [1.807, 2.05) is 60.5 Å². The molecule has 1 spiro atoms. The molecule has 1 saturated carbocycles. The Morgan fingerprint density at radius 1 is 1.14 bits per heavy atom. The highest BCUT2D eigenvalue weighted by Gasteiger charge is 2.49. The number of aromatic amines is 1. The standard InChI is InChI=1S/C27H28N4O4S/c1-3-31-11-8-23(26(31)32)34-20-13-17(12-19(14-20)33-18-4-7-24(36-2)28-15-18)21-5-6-22(30-21)25-29-16-27(35-25)9-10-27/h4-7,12-15,23,30H,3,8-11,16H2,1-2H3. The number of aromatic nitrogens is 2. The first kappa shape index (κ1) is 23.0. The minimum Gasteiger partial charge on any atom is -0.480 e. The van der Waals surface area contributed by atoms with Crippen LogP contribution < -0.4 is 9.47 Å². The van der Waals surface area contributed by atoms with Gasteiger partial charge in [-0.05, 0) is 62.4 Å². The normalized spacial score (nSPS) is 19.9. The Kier molecular flexibility index (Phi) is 5.87. The van der Waals surface area contributed by atoms with Crippen molar-refractivity contribution in [3.8, 4) is 28.5 Å². The van der Waals surface area contributed by atoms with E-state index in [4.69, 9.17) is 14.2 Å². The SMILES string of the molecule is CCN1CCC(Oc2cc(Oc3ccc(SC)nc3)cc(-c3ccc(C4=NCC5(CC5)O4)[nH]3)c2)C1=O. The van der Waals surface area contributed by atoms with Crippen molar-refractivity contribution < 1.29 is 19.0 Å². The molecule has 3 aromatic rings. The van der Waals surface area contributed by atoms with Crippen LogP contribution in [0.3, 0.4) is 0 Å². The second-order valence-electron chi connectivity index (χ2n) is 9.34. The molecule has 9 heteroatoms. The molecule has 1 amide bonds. The number of carbonyl (C=O) groups is 1. The highest BCUT2D eigenvalue weighted by molar-refractivity contribution is 7.98. The predicted octanol–water partition coefficient (Wildman–Crippen LogP) is 4.90. The minimum atomic E-state index is -0.495. The van der Waals surface area contributed by atoms with Gasteiger partial charge < -0.3 is 24.1 Å². The Hall–Kier alpha value is -3.46. The van der Waals surface area contributed by atoms with E-state index in [0.29, 0.717) is 42.7 Å². The van der Waals surface area contributed by atoms with Gasteiger partial charge in [-0.15, -0.1) is 11.8 Å². The summed E-state index contributed by atoms with van der Waals surface area (Å²) < 4.78 is 18.4. The van der Waals surface area contributed by atoms with E-state index in [0.717, 1.165) is 41.4 Å². The minimum absolute atomic E-state index is 0.0229. The smallest absolute Gasteiger partial charge is 0.263 e. The van der Waals surface area contributed by atoms with Gasteiger partial charge in [-0.1, -0.05) is 0 Å². The van der Waals surface area contributed by atoms with Crippen molar-refractivity contribution in [2.75, 3.05) is 25.9 Å². The van der Waals surface area contributed by atoms with E-state index in [1.165, 1.54) is 0 Å². The number of aliphatic imine (C=N–C) groups is 1. The molecule has 3 aliphatic rings. The molecule has 1 aromatic carbocycles. The van der Waals surface area contributed by atoms with Crippen LogP contribution in [0.4, 0.5) is 0 Å². The van der Waals surface area contributed by atoms with Crippen LogP contribution in [0, 0.1) is 0 Å². The molecule has 0 radical (unpaired) electrons. The van der Waals surface area contributed by atoms with Crippen molar-refractivity contribution in [2.45, 2.75) is 42.9 Å². The largest absolute Gasteiger partial charge is 0.480 e. The zero-order chi connectivity index (χ0) is 24.7.